The number of rotatable bonds is 7. The third-order valence-electron chi connectivity index (χ3n) is 4.59. The fourth-order valence-electron chi connectivity index (χ4n) is 2.24. The van der Waals surface area contributed by atoms with E-state index in [2.05, 4.69) is 36.4 Å². The lowest BCUT2D eigenvalue weighted by atomic mass is 9.86. The topological polar surface area (TPSA) is 90.8 Å². The first-order valence-electron chi connectivity index (χ1n) is 9.28. The van der Waals surface area contributed by atoms with E-state index in [0.29, 0.717) is 12.5 Å². The predicted molar refractivity (Wildman–Crippen MR) is 113 cm³/mol. The molecule has 1 unspecified atom stereocenters. The number of hydrogen-bond acceptors (Lipinski definition) is 4. The van der Waals surface area contributed by atoms with Gasteiger partial charge in [-0.05, 0) is 37.3 Å². The quantitative estimate of drug-likeness (QED) is 0.485. The molecule has 0 saturated heterocycles. The largest absolute Gasteiger partial charge is 0.387 e. The van der Waals surface area contributed by atoms with E-state index in [4.69, 9.17) is 0 Å². The maximum atomic E-state index is 11.8. The molecule has 0 aliphatic rings. The summed E-state index contributed by atoms with van der Waals surface area (Å²) in [6.45, 7) is 12.7. The van der Waals surface area contributed by atoms with Crippen LogP contribution in [0, 0.1) is 0 Å². The number of benzene rings is 1. The van der Waals surface area contributed by atoms with Gasteiger partial charge in [0, 0.05) is 19.3 Å². The summed E-state index contributed by atoms with van der Waals surface area (Å²) in [7, 11) is -3.22. The Morgan fingerprint density at radius 1 is 1.11 bits per heavy atom. The minimum absolute atomic E-state index is 0.0685. The van der Waals surface area contributed by atoms with E-state index < -0.39 is 20.7 Å². The Morgan fingerprint density at radius 3 is 2.11 bits per heavy atom. The molecule has 0 aliphatic carbocycles. The summed E-state index contributed by atoms with van der Waals surface area (Å²) in [5.74, 6) is 0.486. The minimum Gasteiger partial charge on any atom is -0.387 e. The van der Waals surface area contributed by atoms with Crippen LogP contribution >= 0.6 is 0 Å². The molecule has 0 bridgehead atoms. The molecule has 1 rings (SSSR count). The molecule has 6 nitrogen and oxygen atoms in total. The summed E-state index contributed by atoms with van der Waals surface area (Å²) in [5.41, 5.74) is 2.10. The summed E-state index contributed by atoms with van der Waals surface area (Å²) in [4.78, 5) is 4.37. The Hall–Kier alpha value is -1.60. The van der Waals surface area contributed by atoms with Gasteiger partial charge in [-0.1, -0.05) is 45.0 Å². The molecule has 0 heterocycles. The molecule has 7 heteroatoms. The Balaban J connectivity index is 2.77. The van der Waals surface area contributed by atoms with Crippen LogP contribution in [-0.2, 0) is 15.3 Å². The normalized spacial score (nSPS) is 14.7. The summed E-state index contributed by atoms with van der Waals surface area (Å²) in [6.07, 6.45) is 0.527. The van der Waals surface area contributed by atoms with Crippen LogP contribution in [0.5, 0.6) is 0 Å². The molecule has 0 radical (unpaired) electrons. The van der Waals surface area contributed by atoms with Gasteiger partial charge in [-0.2, -0.15) is 0 Å². The van der Waals surface area contributed by atoms with Gasteiger partial charge in [0.1, 0.15) is 0 Å². The second-order valence-electron chi connectivity index (χ2n) is 8.50. The summed E-state index contributed by atoms with van der Waals surface area (Å²) in [5, 5.41) is 16.6. The van der Waals surface area contributed by atoms with E-state index in [9.17, 15) is 13.5 Å². The van der Waals surface area contributed by atoms with Crippen molar-refractivity contribution in [2.45, 2.75) is 57.8 Å². The molecular weight excluding hydrogens is 362 g/mol. The Kier molecular flexibility index (Phi) is 7.87. The number of guanidine groups is 1. The van der Waals surface area contributed by atoms with E-state index in [1.807, 2.05) is 31.2 Å². The number of nitrogens with zero attached hydrogens (tertiary/aromatic N) is 1. The van der Waals surface area contributed by atoms with Gasteiger partial charge in [-0.15, -0.1) is 0 Å². The standard InChI is InChI=1S/C20H35N3O3S/c1-8-21-18(23-14-20(5,6)27(7,25)26)22-13-17(24)15-9-11-16(12-10-15)19(2,3)4/h9-12,17,24H,8,13-14H2,1-7H3,(H2,21,22,23). The third-order valence-corrected chi connectivity index (χ3v) is 6.73. The molecule has 0 aromatic heterocycles. The molecule has 1 aromatic carbocycles. The van der Waals surface area contributed by atoms with Crippen LogP contribution in [0.25, 0.3) is 0 Å². The van der Waals surface area contributed by atoms with Gasteiger partial charge in [0.15, 0.2) is 15.8 Å². The Labute approximate surface area is 164 Å². The molecule has 154 valence electrons. The maximum absolute atomic E-state index is 11.8. The van der Waals surface area contributed by atoms with Crippen molar-refractivity contribution in [3.8, 4) is 0 Å². The number of nitrogens with one attached hydrogen (secondary N) is 2. The summed E-state index contributed by atoms with van der Waals surface area (Å²) >= 11 is 0. The van der Waals surface area contributed by atoms with E-state index in [-0.39, 0.29) is 18.5 Å². The van der Waals surface area contributed by atoms with Gasteiger partial charge in [-0.25, -0.2) is 8.42 Å². The van der Waals surface area contributed by atoms with Crippen molar-refractivity contribution in [3.63, 3.8) is 0 Å². The van der Waals surface area contributed by atoms with E-state index >= 15 is 0 Å². The second kappa shape index (κ2) is 9.06. The van der Waals surface area contributed by atoms with E-state index in [0.717, 1.165) is 5.56 Å². The zero-order valence-electron chi connectivity index (χ0n) is 17.6. The van der Waals surface area contributed by atoms with E-state index in [1.165, 1.54) is 11.8 Å². The first kappa shape index (κ1) is 23.4. The number of sulfone groups is 1. The van der Waals surface area contributed by atoms with Crippen molar-refractivity contribution in [2.24, 2.45) is 4.99 Å². The van der Waals surface area contributed by atoms with Crippen molar-refractivity contribution in [1.82, 2.24) is 10.6 Å². The Morgan fingerprint density at radius 2 is 1.67 bits per heavy atom. The van der Waals surface area contributed by atoms with Gasteiger partial charge in [0.25, 0.3) is 0 Å². The highest BCUT2D eigenvalue weighted by Crippen LogP contribution is 2.23. The monoisotopic (exact) mass is 397 g/mol. The summed E-state index contributed by atoms with van der Waals surface area (Å²) < 4.78 is 22.7. The SMILES string of the molecule is CCNC(=NCC(C)(C)S(C)(=O)=O)NCC(O)c1ccc(C(C)(C)C)cc1. The molecular formula is C20H35N3O3S. The number of aliphatic hydroxyl groups is 1. The van der Waals surface area contributed by atoms with Crippen molar-refractivity contribution in [1.29, 1.82) is 0 Å². The minimum atomic E-state index is -3.22. The van der Waals surface area contributed by atoms with Gasteiger partial charge in [0.05, 0.1) is 17.4 Å². The van der Waals surface area contributed by atoms with Crippen molar-refractivity contribution >= 4 is 15.8 Å². The average Bonchev–Trinajstić information content (AvgIpc) is 2.55. The molecule has 0 saturated carbocycles. The van der Waals surface area contributed by atoms with Gasteiger partial charge < -0.3 is 15.7 Å². The zero-order chi connectivity index (χ0) is 20.9. The van der Waals surface area contributed by atoms with Crippen LogP contribution in [0.15, 0.2) is 29.3 Å². The summed E-state index contributed by atoms with van der Waals surface area (Å²) in [6, 6.07) is 7.94. The van der Waals surface area contributed by atoms with Crippen LogP contribution in [0.1, 0.15) is 58.8 Å². The lowest BCUT2D eigenvalue weighted by molar-refractivity contribution is 0.181. The molecule has 0 spiro atoms. The highest BCUT2D eigenvalue weighted by molar-refractivity contribution is 7.92. The van der Waals surface area contributed by atoms with Gasteiger partial charge in [0.2, 0.25) is 0 Å². The number of hydrogen-bond donors (Lipinski definition) is 3. The first-order chi connectivity index (χ1) is 12.3. The van der Waals surface area contributed by atoms with Gasteiger partial charge >= 0.3 is 0 Å². The van der Waals surface area contributed by atoms with Gasteiger partial charge in [-0.3, -0.25) is 4.99 Å². The highest BCUT2D eigenvalue weighted by Gasteiger charge is 2.30. The van der Waals surface area contributed by atoms with Crippen molar-refractivity contribution < 1.29 is 13.5 Å². The van der Waals surface area contributed by atoms with Crippen LogP contribution in [0.2, 0.25) is 0 Å². The van der Waals surface area contributed by atoms with Crippen LogP contribution in [0.3, 0.4) is 0 Å². The lowest BCUT2D eigenvalue weighted by Crippen LogP contribution is -2.42. The fraction of sp³-hybridized carbons (Fsp3) is 0.650. The maximum Gasteiger partial charge on any atom is 0.191 e. The third kappa shape index (κ3) is 7.14. The molecule has 27 heavy (non-hydrogen) atoms. The van der Waals surface area contributed by atoms with Crippen LogP contribution < -0.4 is 10.6 Å². The highest BCUT2D eigenvalue weighted by atomic mass is 32.2. The number of aliphatic imine (C=N–C) groups is 1. The second-order valence-corrected chi connectivity index (χ2v) is 11.1. The van der Waals surface area contributed by atoms with E-state index in [1.54, 1.807) is 13.8 Å². The first-order valence-corrected chi connectivity index (χ1v) is 11.2. The van der Waals surface area contributed by atoms with Crippen LogP contribution in [0.4, 0.5) is 0 Å². The average molecular weight is 398 g/mol. The zero-order valence-corrected chi connectivity index (χ0v) is 18.4. The smallest absolute Gasteiger partial charge is 0.191 e. The molecule has 0 aliphatic heterocycles. The molecule has 0 fully saturated rings. The molecule has 0 amide bonds. The predicted octanol–water partition coefficient (Wildman–Crippen LogP) is 2.40. The van der Waals surface area contributed by atoms with Crippen molar-refractivity contribution in [3.05, 3.63) is 35.4 Å². The molecule has 3 N–H and O–H groups in total. The molecule has 1 aromatic rings. The fourth-order valence-corrected chi connectivity index (χ4v) is 2.54. The lowest BCUT2D eigenvalue weighted by Gasteiger charge is -2.22. The van der Waals surface area contributed by atoms with Crippen molar-refractivity contribution in [2.75, 3.05) is 25.9 Å². The Bertz CT molecular complexity index is 733. The number of aliphatic hydroxyl groups excluding tert-OH is 1. The van der Waals surface area contributed by atoms with Crippen LogP contribution in [-0.4, -0.2) is 50.1 Å². The molecule has 1 atom stereocenters.